The molecule has 6 rings (SSSR count). The van der Waals surface area contributed by atoms with E-state index in [4.69, 9.17) is 14.1 Å². The molecule has 2 amide bonds. The summed E-state index contributed by atoms with van der Waals surface area (Å²) in [5, 5.41) is 2.82. The Morgan fingerprint density at radius 3 is 2.55 bits per heavy atom. The van der Waals surface area contributed by atoms with Gasteiger partial charge in [-0.15, -0.1) is 0 Å². The van der Waals surface area contributed by atoms with Crippen LogP contribution >= 0.6 is 0 Å². The minimum Gasteiger partial charge on any atom is -0.444 e. The molecular weight excluding hydrogens is 592 g/mol. The van der Waals surface area contributed by atoms with Gasteiger partial charge in [-0.2, -0.15) is 0 Å². The summed E-state index contributed by atoms with van der Waals surface area (Å²) in [5.74, 6) is 1.69. The Morgan fingerprint density at radius 1 is 1.09 bits per heavy atom. The third kappa shape index (κ3) is 6.69. The quantitative estimate of drug-likeness (QED) is 0.177. The van der Waals surface area contributed by atoms with Gasteiger partial charge in [-0.3, -0.25) is 15.0 Å². The van der Waals surface area contributed by atoms with Crippen LogP contribution in [0.3, 0.4) is 0 Å². The Labute approximate surface area is 274 Å². The average molecular weight is 633 g/mol. The van der Waals surface area contributed by atoms with Crippen molar-refractivity contribution in [1.29, 1.82) is 0 Å². The molecule has 2 atom stereocenters. The summed E-state index contributed by atoms with van der Waals surface area (Å²) in [5.41, 5.74) is 5.89. The molecule has 47 heavy (non-hydrogen) atoms. The van der Waals surface area contributed by atoms with Gasteiger partial charge < -0.3 is 19.0 Å². The number of amides is 2. The number of carbonyl (C=O) groups excluding carboxylic acids is 2. The normalized spacial score (nSPS) is 15.8. The van der Waals surface area contributed by atoms with E-state index in [-0.39, 0.29) is 11.9 Å². The minimum atomic E-state index is -0.608. The van der Waals surface area contributed by atoms with Crippen molar-refractivity contribution in [2.75, 3.05) is 26.0 Å². The van der Waals surface area contributed by atoms with Gasteiger partial charge in [0.05, 0.1) is 17.2 Å². The molecule has 2 N–H and O–H groups in total. The number of aromatic amines is 1. The number of H-pyrrole nitrogens is 1. The highest BCUT2D eigenvalue weighted by Crippen LogP contribution is 2.38. The van der Waals surface area contributed by atoms with Crippen LogP contribution in [0.25, 0.3) is 33.8 Å². The lowest BCUT2D eigenvalue weighted by Gasteiger charge is -2.31. The topological polar surface area (TPSA) is 117 Å². The van der Waals surface area contributed by atoms with E-state index in [0.29, 0.717) is 41.7 Å². The fourth-order valence-corrected chi connectivity index (χ4v) is 5.94. The van der Waals surface area contributed by atoms with Gasteiger partial charge in [0, 0.05) is 23.4 Å². The number of likely N-dealkylation sites (N-methyl/N-ethyl adjacent to an activating group) is 1. The number of aromatic nitrogens is 3. The molecule has 0 unspecified atom stereocenters. The van der Waals surface area contributed by atoms with Crippen molar-refractivity contribution >= 4 is 28.7 Å². The molecule has 0 saturated carbocycles. The Bertz CT molecular complexity index is 1950. The van der Waals surface area contributed by atoms with Crippen molar-refractivity contribution in [1.82, 2.24) is 24.8 Å². The van der Waals surface area contributed by atoms with E-state index >= 15 is 0 Å². The summed E-state index contributed by atoms with van der Waals surface area (Å²) in [6, 6.07) is 20.5. The first-order valence-corrected chi connectivity index (χ1v) is 15.6. The highest BCUT2D eigenvalue weighted by atomic mass is 16.6. The van der Waals surface area contributed by atoms with Crippen molar-refractivity contribution in [2.45, 2.75) is 51.8 Å². The summed E-state index contributed by atoms with van der Waals surface area (Å²) >= 11 is 0. The first kappa shape index (κ1) is 31.7. The second-order valence-electron chi connectivity index (χ2n) is 13.2. The van der Waals surface area contributed by atoms with E-state index in [1.807, 2.05) is 118 Å². The maximum absolute atomic E-state index is 14.0. The van der Waals surface area contributed by atoms with Crippen LogP contribution in [0.2, 0.25) is 0 Å². The fraction of sp³-hybridized carbons (Fsp3) is 0.297. The molecule has 3 heterocycles. The van der Waals surface area contributed by atoms with Gasteiger partial charge in [0.2, 0.25) is 11.8 Å². The molecule has 0 spiro atoms. The van der Waals surface area contributed by atoms with Gasteiger partial charge in [0.15, 0.2) is 5.76 Å². The van der Waals surface area contributed by atoms with Gasteiger partial charge in [-0.25, -0.2) is 14.8 Å². The monoisotopic (exact) mass is 632 g/mol. The standard InChI is InChI=1S/C37H40N6O4/c1-22-13-14-26(20-28(22)41-36(45)47-37(3,4)5)34-38-21-30(46-34)25-15-16-27-29(19-25)40-33(39-27)31-23(2)17-18-43(31)35(44)32(42(6)7)24-11-9-8-10-12-24/h8-16,19-21,31-32H,2,17-18H2,1,3-7H3,(H,39,40)(H,41,45)/t31-,32+/m0/s1. The number of likely N-dealkylation sites (tertiary alicyclic amines) is 1. The molecule has 1 aliphatic rings. The van der Waals surface area contributed by atoms with Crippen molar-refractivity contribution in [2.24, 2.45) is 0 Å². The van der Waals surface area contributed by atoms with Gasteiger partial charge in [-0.1, -0.05) is 43.0 Å². The SMILES string of the molecule is C=C1CCN(C(=O)[C@@H](c2ccccc2)N(C)C)[C@@H]1c1nc2cc(-c3cnc(-c4ccc(C)c(NC(=O)OC(C)(C)C)c4)o3)ccc2[nH]1. The Hall–Kier alpha value is -5.22. The van der Waals surface area contributed by atoms with Crippen LogP contribution < -0.4 is 5.32 Å². The van der Waals surface area contributed by atoms with E-state index in [1.54, 1.807) is 6.20 Å². The number of imidazole rings is 1. The third-order valence-corrected chi connectivity index (χ3v) is 8.19. The number of oxazole rings is 1. The Kier molecular flexibility index (Phi) is 8.46. The number of benzene rings is 3. The van der Waals surface area contributed by atoms with Gasteiger partial charge >= 0.3 is 6.09 Å². The zero-order valence-electron chi connectivity index (χ0n) is 27.6. The molecule has 1 saturated heterocycles. The van der Waals surface area contributed by atoms with Gasteiger partial charge in [-0.05, 0) is 95.2 Å². The lowest BCUT2D eigenvalue weighted by Crippen LogP contribution is -2.40. The second kappa shape index (κ2) is 12.5. The maximum atomic E-state index is 14.0. The molecule has 10 heteroatoms. The van der Waals surface area contributed by atoms with Crippen LogP contribution in [0.4, 0.5) is 10.5 Å². The van der Waals surface area contributed by atoms with Crippen LogP contribution in [0.5, 0.6) is 0 Å². The van der Waals surface area contributed by atoms with Crippen LogP contribution in [0.15, 0.2) is 89.5 Å². The number of nitrogens with zero attached hydrogens (tertiary/aromatic N) is 4. The molecule has 0 aliphatic carbocycles. The number of aryl methyl sites for hydroxylation is 1. The molecule has 10 nitrogen and oxygen atoms in total. The molecular formula is C37H40N6O4. The van der Waals surface area contributed by atoms with Crippen molar-refractivity contribution < 1.29 is 18.7 Å². The molecule has 0 radical (unpaired) electrons. The molecule has 3 aromatic carbocycles. The van der Waals surface area contributed by atoms with Crippen molar-refractivity contribution in [3.63, 3.8) is 0 Å². The fourth-order valence-electron chi connectivity index (χ4n) is 5.94. The summed E-state index contributed by atoms with van der Waals surface area (Å²) in [6.07, 6.45) is 1.86. The van der Waals surface area contributed by atoms with Gasteiger partial charge in [0.1, 0.15) is 23.5 Å². The average Bonchev–Trinajstić information content (AvgIpc) is 3.75. The highest BCUT2D eigenvalue weighted by molar-refractivity contribution is 5.87. The molecule has 242 valence electrons. The van der Waals surface area contributed by atoms with Crippen LogP contribution in [-0.2, 0) is 9.53 Å². The maximum Gasteiger partial charge on any atom is 0.412 e. The Morgan fingerprint density at radius 2 is 1.83 bits per heavy atom. The smallest absolute Gasteiger partial charge is 0.412 e. The van der Waals surface area contributed by atoms with Crippen molar-refractivity contribution in [3.8, 4) is 22.8 Å². The second-order valence-corrected chi connectivity index (χ2v) is 13.2. The van der Waals surface area contributed by atoms with E-state index in [0.717, 1.165) is 33.3 Å². The van der Waals surface area contributed by atoms with Crippen LogP contribution in [-0.4, -0.2) is 63.0 Å². The van der Waals surface area contributed by atoms with Crippen LogP contribution in [0.1, 0.15) is 56.2 Å². The summed E-state index contributed by atoms with van der Waals surface area (Å²) < 4.78 is 11.6. The number of hydrogen-bond donors (Lipinski definition) is 2. The molecule has 1 aliphatic heterocycles. The number of nitrogens with one attached hydrogen (secondary N) is 2. The number of fused-ring (bicyclic) bond motifs is 1. The van der Waals surface area contributed by atoms with Crippen LogP contribution in [0, 0.1) is 6.92 Å². The lowest BCUT2D eigenvalue weighted by molar-refractivity contribution is -0.137. The molecule has 5 aromatic rings. The molecule has 1 fully saturated rings. The number of hydrogen-bond acceptors (Lipinski definition) is 7. The highest BCUT2D eigenvalue weighted by Gasteiger charge is 2.39. The zero-order chi connectivity index (χ0) is 33.5. The minimum absolute atomic E-state index is 0.0146. The number of ether oxygens (including phenoxy) is 1. The summed E-state index contributed by atoms with van der Waals surface area (Å²) in [6.45, 7) is 12.3. The summed E-state index contributed by atoms with van der Waals surface area (Å²) in [7, 11) is 3.84. The van der Waals surface area contributed by atoms with E-state index in [2.05, 4.69) is 21.9 Å². The molecule has 2 aromatic heterocycles. The number of anilines is 1. The predicted molar refractivity (Wildman–Crippen MR) is 183 cm³/mol. The van der Waals surface area contributed by atoms with Crippen molar-refractivity contribution in [3.05, 3.63) is 102 Å². The van der Waals surface area contributed by atoms with Gasteiger partial charge in [0.25, 0.3) is 0 Å². The number of carbonyl (C=O) groups is 2. The largest absolute Gasteiger partial charge is 0.444 e. The first-order valence-electron chi connectivity index (χ1n) is 15.6. The third-order valence-electron chi connectivity index (χ3n) is 8.19. The van der Waals surface area contributed by atoms with E-state index in [9.17, 15) is 9.59 Å². The molecule has 0 bridgehead atoms. The lowest BCUT2D eigenvalue weighted by atomic mass is 10.0. The number of rotatable bonds is 7. The van der Waals surface area contributed by atoms with E-state index in [1.165, 1.54) is 0 Å². The summed E-state index contributed by atoms with van der Waals surface area (Å²) in [4.78, 5) is 43.1. The Balaban J connectivity index is 1.24. The zero-order valence-corrected chi connectivity index (χ0v) is 27.6. The first-order chi connectivity index (χ1) is 22.4. The van der Waals surface area contributed by atoms with E-state index < -0.39 is 17.7 Å². The predicted octanol–water partition coefficient (Wildman–Crippen LogP) is 7.67.